The van der Waals surface area contributed by atoms with Crippen LogP contribution in [0.15, 0.2) is 71.8 Å². The molecule has 0 aliphatic carbocycles. The highest BCUT2D eigenvalue weighted by Gasteiger charge is 2.25. The number of ether oxygens (including phenoxy) is 3. The highest BCUT2D eigenvalue weighted by atomic mass is 32.2. The van der Waals surface area contributed by atoms with E-state index in [4.69, 9.17) is 14.2 Å². The number of nitrogens with one attached hydrogen (secondary N) is 1. The van der Waals surface area contributed by atoms with E-state index in [-0.39, 0.29) is 11.4 Å². The van der Waals surface area contributed by atoms with Crippen LogP contribution in [0.5, 0.6) is 23.0 Å². The van der Waals surface area contributed by atoms with Crippen LogP contribution in [0.1, 0.15) is 25.7 Å². The molecule has 1 aliphatic rings. The number of sulfonamides is 1. The van der Waals surface area contributed by atoms with Gasteiger partial charge in [0.15, 0.2) is 28.0 Å². The molecular weight excluding hydrogens is 579 g/mol. The molecule has 1 aromatic heterocycles. The van der Waals surface area contributed by atoms with Gasteiger partial charge in [0.2, 0.25) is 0 Å². The average molecular weight is 611 g/mol. The third-order valence-corrected chi connectivity index (χ3v) is 8.50. The van der Waals surface area contributed by atoms with E-state index in [1.54, 1.807) is 18.2 Å². The Morgan fingerprint density at radius 3 is 2.53 bits per heavy atom. The van der Waals surface area contributed by atoms with Crippen molar-refractivity contribution >= 4 is 32.3 Å². The Balaban J connectivity index is 1.31. The Morgan fingerprint density at radius 1 is 1.00 bits per heavy atom. The summed E-state index contributed by atoms with van der Waals surface area (Å²) in [7, 11) is -2.84. The standard InChI is InChI=1S/C30H31FN4O7S/c1-40-28-19-22-24(20-29(28)41-17-7-16-34-14-5-2-6-15-34)32-13-12-26(22)42-27-11-10-21(18-23(27)31)33-43(38,39)30-9-4-3-8-25(30)35(36)37/h3-4,8-13,18-20,33H,2,5-7,14-17H2,1H3. The summed E-state index contributed by atoms with van der Waals surface area (Å²) in [5.41, 5.74) is -0.175. The van der Waals surface area contributed by atoms with E-state index >= 15 is 4.39 Å². The number of likely N-dealkylation sites (tertiary alicyclic amines) is 1. The fraction of sp³-hybridized carbons (Fsp3) is 0.300. The predicted octanol–water partition coefficient (Wildman–Crippen LogP) is 6.14. The van der Waals surface area contributed by atoms with Gasteiger partial charge in [-0.3, -0.25) is 19.8 Å². The molecule has 0 spiro atoms. The fourth-order valence-corrected chi connectivity index (χ4v) is 6.18. The maximum atomic E-state index is 15.1. The van der Waals surface area contributed by atoms with Gasteiger partial charge in [-0.1, -0.05) is 18.6 Å². The van der Waals surface area contributed by atoms with Crippen molar-refractivity contribution in [2.24, 2.45) is 0 Å². The molecular formula is C30H31FN4O7S. The minimum Gasteiger partial charge on any atom is -0.493 e. The topological polar surface area (TPSA) is 133 Å². The predicted molar refractivity (Wildman–Crippen MR) is 159 cm³/mol. The number of methoxy groups -OCH3 is 1. The van der Waals surface area contributed by atoms with Crippen molar-refractivity contribution < 1.29 is 31.9 Å². The number of piperidine rings is 1. The molecule has 0 unspecified atom stereocenters. The molecule has 13 heteroatoms. The van der Waals surface area contributed by atoms with Crippen molar-refractivity contribution in [3.05, 3.63) is 82.8 Å². The smallest absolute Gasteiger partial charge is 0.289 e. The molecule has 1 aliphatic heterocycles. The molecule has 0 bridgehead atoms. The monoisotopic (exact) mass is 610 g/mol. The molecule has 226 valence electrons. The lowest BCUT2D eigenvalue weighted by molar-refractivity contribution is -0.387. The summed E-state index contributed by atoms with van der Waals surface area (Å²) in [4.78, 5) is 16.8. The Kier molecular flexibility index (Phi) is 9.22. The molecule has 0 atom stereocenters. The lowest BCUT2D eigenvalue weighted by Gasteiger charge is -2.26. The molecule has 5 rings (SSSR count). The van der Waals surface area contributed by atoms with Gasteiger partial charge in [-0.05, 0) is 62.7 Å². The number of para-hydroxylation sites is 1. The number of nitrogens with zero attached hydrogens (tertiary/aromatic N) is 3. The molecule has 1 N–H and O–H groups in total. The van der Waals surface area contributed by atoms with Crippen molar-refractivity contribution in [1.82, 2.24) is 9.88 Å². The van der Waals surface area contributed by atoms with E-state index in [1.807, 2.05) is 0 Å². The first-order chi connectivity index (χ1) is 20.7. The molecule has 0 amide bonds. The fourth-order valence-electron chi connectivity index (χ4n) is 4.95. The van der Waals surface area contributed by atoms with Crippen LogP contribution in [-0.4, -0.2) is 56.6 Å². The van der Waals surface area contributed by atoms with Gasteiger partial charge >= 0.3 is 0 Å². The maximum absolute atomic E-state index is 15.1. The van der Waals surface area contributed by atoms with Crippen LogP contribution in [0.4, 0.5) is 15.8 Å². The van der Waals surface area contributed by atoms with Crippen LogP contribution in [0.2, 0.25) is 0 Å². The summed E-state index contributed by atoms with van der Waals surface area (Å²) < 4.78 is 60.3. The number of fused-ring (bicyclic) bond motifs is 1. The summed E-state index contributed by atoms with van der Waals surface area (Å²) in [6, 6.07) is 13.4. The number of hydrogen-bond donors (Lipinski definition) is 1. The lowest BCUT2D eigenvalue weighted by atomic mass is 10.1. The number of halogens is 1. The number of benzene rings is 3. The SMILES string of the molecule is COc1cc2c(Oc3ccc(NS(=O)(=O)c4ccccc4[N+](=O)[O-])cc3F)ccnc2cc1OCCCN1CCCCC1. The van der Waals surface area contributed by atoms with Gasteiger partial charge in [0.1, 0.15) is 5.75 Å². The second-order valence-corrected chi connectivity index (χ2v) is 11.7. The van der Waals surface area contributed by atoms with E-state index in [1.165, 1.54) is 56.8 Å². The second-order valence-electron chi connectivity index (χ2n) is 10.0. The maximum Gasteiger partial charge on any atom is 0.289 e. The van der Waals surface area contributed by atoms with Gasteiger partial charge in [-0.2, -0.15) is 0 Å². The van der Waals surface area contributed by atoms with E-state index in [0.717, 1.165) is 44.3 Å². The van der Waals surface area contributed by atoms with Gasteiger partial charge in [-0.25, -0.2) is 12.8 Å². The molecule has 2 heterocycles. The van der Waals surface area contributed by atoms with Gasteiger partial charge in [0.25, 0.3) is 15.7 Å². The molecule has 4 aromatic rings. The molecule has 43 heavy (non-hydrogen) atoms. The number of pyridine rings is 1. The Hall–Kier alpha value is -4.49. The summed E-state index contributed by atoms with van der Waals surface area (Å²) >= 11 is 0. The number of anilines is 1. The Morgan fingerprint density at radius 2 is 1.79 bits per heavy atom. The third kappa shape index (κ3) is 7.12. The van der Waals surface area contributed by atoms with Gasteiger partial charge in [0.05, 0.1) is 29.8 Å². The molecule has 0 radical (unpaired) electrons. The van der Waals surface area contributed by atoms with Gasteiger partial charge < -0.3 is 19.1 Å². The zero-order valence-corrected chi connectivity index (χ0v) is 24.3. The largest absolute Gasteiger partial charge is 0.493 e. The minimum atomic E-state index is -4.37. The lowest BCUT2D eigenvalue weighted by Crippen LogP contribution is -2.31. The van der Waals surface area contributed by atoms with E-state index in [0.29, 0.717) is 34.8 Å². The molecule has 11 nitrogen and oxygen atoms in total. The summed E-state index contributed by atoms with van der Waals surface area (Å²) in [6.45, 7) is 3.75. The molecule has 0 saturated carbocycles. The normalized spacial score (nSPS) is 13.9. The first-order valence-corrected chi connectivity index (χ1v) is 15.3. The van der Waals surface area contributed by atoms with Gasteiger partial charge in [-0.15, -0.1) is 0 Å². The first-order valence-electron chi connectivity index (χ1n) is 13.8. The highest BCUT2D eigenvalue weighted by Crippen LogP contribution is 2.38. The van der Waals surface area contributed by atoms with Crippen LogP contribution in [0.3, 0.4) is 0 Å². The zero-order valence-electron chi connectivity index (χ0n) is 23.5. The van der Waals surface area contributed by atoms with Crippen molar-refractivity contribution in [1.29, 1.82) is 0 Å². The Bertz CT molecular complexity index is 1730. The number of nitro groups is 1. The van der Waals surface area contributed by atoms with E-state index in [9.17, 15) is 18.5 Å². The van der Waals surface area contributed by atoms with Crippen LogP contribution in [0, 0.1) is 15.9 Å². The average Bonchev–Trinajstić information content (AvgIpc) is 3.00. The highest BCUT2D eigenvalue weighted by molar-refractivity contribution is 7.92. The molecule has 1 saturated heterocycles. The summed E-state index contributed by atoms with van der Waals surface area (Å²) in [6.07, 6.45) is 6.18. The molecule has 1 fully saturated rings. The van der Waals surface area contributed by atoms with E-state index in [2.05, 4.69) is 14.6 Å². The third-order valence-electron chi connectivity index (χ3n) is 7.07. The minimum absolute atomic E-state index is 0.133. The number of aromatic nitrogens is 1. The van der Waals surface area contributed by atoms with Crippen LogP contribution in [-0.2, 0) is 10.0 Å². The summed E-state index contributed by atoms with van der Waals surface area (Å²) in [5, 5.41) is 11.8. The van der Waals surface area contributed by atoms with Crippen LogP contribution in [0.25, 0.3) is 10.9 Å². The zero-order chi connectivity index (χ0) is 30.4. The molecule has 3 aromatic carbocycles. The first kappa shape index (κ1) is 30.0. The quantitative estimate of drug-likeness (QED) is 0.114. The van der Waals surface area contributed by atoms with Crippen molar-refractivity contribution in [3.8, 4) is 23.0 Å². The summed E-state index contributed by atoms with van der Waals surface area (Å²) in [5.74, 6) is 0.293. The van der Waals surface area contributed by atoms with Crippen molar-refractivity contribution in [2.75, 3.05) is 38.1 Å². The second kappa shape index (κ2) is 13.2. The van der Waals surface area contributed by atoms with E-state index < -0.39 is 31.3 Å². The van der Waals surface area contributed by atoms with Crippen LogP contribution < -0.4 is 18.9 Å². The Labute approximate surface area is 248 Å². The van der Waals surface area contributed by atoms with Crippen molar-refractivity contribution in [2.45, 2.75) is 30.6 Å². The van der Waals surface area contributed by atoms with Crippen molar-refractivity contribution in [3.63, 3.8) is 0 Å². The number of nitro benzene ring substituents is 1. The number of hydrogen-bond acceptors (Lipinski definition) is 9. The number of rotatable bonds is 12. The van der Waals surface area contributed by atoms with Crippen LogP contribution >= 0.6 is 0 Å². The van der Waals surface area contributed by atoms with Gasteiger partial charge in [0, 0.05) is 36.3 Å².